The van der Waals surface area contributed by atoms with Gasteiger partial charge >= 0.3 is 5.97 Å². The number of carboxylic acids is 1. The molecule has 0 saturated carbocycles. The van der Waals surface area contributed by atoms with E-state index in [1.54, 1.807) is 61.1 Å². The van der Waals surface area contributed by atoms with Crippen LogP contribution in [0, 0.1) is 6.92 Å². The van der Waals surface area contributed by atoms with Crippen molar-refractivity contribution in [1.82, 2.24) is 4.57 Å². The highest BCUT2D eigenvalue weighted by Crippen LogP contribution is 2.30. The van der Waals surface area contributed by atoms with Gasteiger partial charge in [-0.2, -0.15) is 0 Å². The summed E-state index contributed by atoms with van der Waals surface area (Å²) >= 11 is 0. The molecule has 3 aromatic rings. The molecule has 1 heterocycles. The van der Waals surface area contributed by atoms with Crippen molar-refractivity contribution >= 4 is 22.8 Å². The molecule has 30 heavy (non-hydrogen) atoms. The molecule has 0 aliphatic rings. The summed E-state index contributed by atoms with van der Waals surface area (Å²) in [5.41, 5.74) is 2.32. The van der Waals surface area contributed by atoms with Crippen molar-refractivity contribution < 1.29 is 28.9 Å². The molecule has 7 heteroatoms. The normalized spacial score (nSPS) is 10.9. The van der Waals surface area contributed by atoms with Gasteiger partial charge in [-0.1, -0.05) is 0 Å². The van der Waals surface area contributed by atoms with E-state index in [4.69, 9.17) is 14.2 Å². The quantitative estimate of drug-likeness (QED) is 0.541. The van der Waals surface area contributed by atoms with Crippen LogP contribution in [0.2, 0.25) is 0 Å². The smallest absolute Gasteiger partial charge is 0.307 e. The minimum Gasteiger partial charge on any atom is -0.497 e. The molecule has 0 aliphatic heterocycles. The summed E-state index contributed by atoms with van der Waals surface area (Å²) in [6.07, 6.45) is -0.178. The Hall–Kier alpha value is -3.32. The molecule has 1 aromatic heterocycles. The second kappa shape index (κ2) is 9.45. The molecule has 2 aromatic carbocycles. The number of aromatic nitrogens is 1. The van der Waals surface area contributed by atoms with Gasteiger partial charge in [0.1, 0.15) is 18.1 Å². The number of carboxylic acid groups (broad SMARTS) is 1. The Labute approximate surface area is 174 Å². The SMILES string of the molecule is CCOCCOc1ccc(C(=O)n2c(C)c(CC(=O)O)c3cc(OC)ccc32)cc1. The highest BCUT2D eigenvalue weighted by atomic mass is 16.5. The van der Waals surface area contributed by atoms with Gasteiger partial charge in [0.05, 0.1) is 25.7 Å². The van der Waals surface area contributed by atoms with Crippen LogP contribution in [0.3, 0.4) is 0 Å². The number of rotatable bonds is 9. The lowest BCUT2D eigenvalue weighted by Gasteiger charge is -2.10. The van der Waals surface area contributed by atoms with Crippen LogP contribution in [-0.2, 0) is 16.0 Å². The van der Waals surface area contributed by atoms with Crippen LogP contribution < -0.4 is 9.47 Å². The van der Waals surface area contributed by atoms with Crippen molar-refractivity contribution in [3.8, 4) is 11.5 Å². The van der Waals surface area contributed by atoms with Gasteiger partial charge in [0.25, 0.3) is 5.91 Å². The molecule has 0 radical (unpaired) electrons. The third kappa shape index (κ3) is 4.46. The Morgan fingerprint density at radius 3 is 2.37 bits per heavy atom. The van der Waals surface area contributed by atoms with Crippen LogP contribution in [0.1, 0.15) is 28.5 Å². The Morgan fingerprint density at radius 2 is 1.73 bits per heavy atom. The van der Waals surface area contributed by atoms with Crippen LogP contribution in [0.4, 0.5) is 0 Å². The van der Waals surface area contributed by atoms with Crippen molar-refractivity contribution in [3.63, 3.8) is 0 Å². The fourth-order valence-corrected chi connectivity index (χ4v) is 3.41. The molecule has 0 amide bonds. The van der Waals surface area contributed by atoms with E-state index in [9.17, 15) is 14.7 Å². The van der Waals surface area contributed by atoms with Gasteiger partial charge in [-0.3, -0.25) is 14.2 Å². The molecular weight excluding hydrogens is 386 g/mol. The van der Waals surface area contributed by atoms with E-state index in [2.05, 4.69) is 0 Å². The molecule has 0 spiro atoms. The molecule has 1 N–H and O–H groups in total. The zero-order valence-electron chi connectivity index (χ0n) is 17.3. The van der Waals surface area contributed by atoms with Gasteiger partial charge in [-0.25, -0.2) is 0 Å². The second-order valence-corrected chi connectivity index (χ2v) is 6.73. The first kappa shape index (κ1) is 21.4. The van der Waals surface area contributed by atoms with Crippen LogP contribution in [-0.4, -0.2) is 48.5 Å². The molecule has 3 rings (SSSR count). The molecule has 0 saturated heterocycles. The monoisotopic (exact) mass is 411 g/mol. The number of nitrogens with zero attached hydrogens (tertiary/aromatic N) is 1. The molecule has 0 bridgehead atoms. The number of benzene rings is 2. The van der Waals surface area contributed by atoms with Gasteiger partial charge in [-0.15, -0.1) is 0 Å². The topological polar surface area (TPSA) is 87.0 Å². The number of methoxy groups -OCH3 is 1. The van der Waals surface area contributed by atoms with Crippen molar-refractivity contribution in [2.45, 2.75) is 20.3 Å². The van der Waals surface area contributed by atoms with E-state index in [1.807, 2.05) is 6.92 Å². The van der Waals surface area contributed by atoms with Gasteiger partial charge < -0.3 is 19.3 Å². The largest absolute Gasteiger partial charge is 0.497 e. The number of carbonyl (C=O) groups excluding carboxylic acids is 1. The van der Waals surface area contributed by atoms with Gasteiger partial charge in [0.2, 0.25) is 0 Å². The first-order chi connectivity index (χ1) is 14.5. The van der Waals surface area contributed by atoms with Crippen molar-refractivity contribution in [1.29, 1.82) is 0 Å². The second-order valence-electron chi connectivity index (χ2n) is 6.73. The lowest BCUT2D eigenvalue weighted by Crippen LogP contribution is -2.14. The number of aliphatic carboxylic acids is 1. The Balaban J connectivity index is 1.94. The lowest BCUT2D eigenvalue weighted by molar-refractivity contribution is -0.136. The Morgan fingerprint density at radius 1 is 1.03 bits per heavy atom. The summed E-state index contributed by atoms with van der Waals surface area (Å²) < 4.78 is 17.7. The summed E-state index contributed by atoms with van der Waals surface area (Å²) in [5, 5.41) is 10.0. The summed E-state index contributed by atoms with van der Waals surface area (Å²) in [7, 11) is 1.55. The van der Waals surface area contributed by atoms with Crippen LogP contribution in [0.15, 0.2) is 42.5 Å². The average molecular weight is 411 g/mol. The summed E-state index contributed by atoms with van der Waals surface area (Å²) in [4.78, 5) is 24.7. The molecule has 0 aliphatic carbocycles. The highest BCUT2D eigenvalue weighted by molar-refractivity contribution is 6.05. The molecule has 0 atom stereocenters. The zero-order chi connectivity index (χ0) is 21.7. The Bertz CT molecular complexity index is 1050. The molecule has 158 valence electrons. The van der Waals surface area contributed by atoms with Gasteiger partial charge in [0.15, 0.2) is 0 Å². The van der Waals surface area contributed by atoms with E-state index >= 15 is 0 Å². The summed E-state index contributed by atoms with van der Waals surface area (Å²) in [6.45, 7) is 5.25. The summed E-state index contributed by atoms with van der Waals surface area (Å²) in [5.74, 6) is 0.0603. The highest BCUT2D eigenvalue weighted by Gasteiger charge is 2.21. The maximum absolute atomic E-state index is 13.3. The van der Waals surface area contributed by atoms with Crippen molar-refractivity contribution in [2.24, 2.45) is 0 Å². The van der Waals surface area contributed by atoms with Crippen LogP contribution in [0.5, 0.6) is 11.5 Å². The fourth-order valence-electron chi connectivity index (χ4n) is 3.41. The number of carbonyl (C=O) groups is 2. The van der Waals surface area contributed by atoms with Crippen molar-refractivity contribution in [2.75, 3.05) is 26.9 Å². The molecular formula is C23H25NO6. The van der Waals surface area contributed by atoms with E-state index in [1.165, 1.54) is 0 Å². The summed E-state index contributed by atoms with van der Waals surface area (Å²) in [6, 6.07) is 12.2. The van der Waals surface area contributed by atoms with Crippen LogP contribution >= 0.6 is 0 Å². The third-order valence-electron chi connectivity index (χ3n) is 4.87. The van der Waals surface area contributed by atoms with E-state index in [0.29, 0.717) is 59.0 Å². The van der Waals surface area contributed by atoms with E-state index < -0.39 is 5.97 Å². The maximum atomic E-state index is 13.3. The molecule has 0 unspecified atom stereocenters. The first-order valence-electron chi connectivity index (χ1n) is 9.71. The average Bonchev–Trinajstić information content (AvgIpc) is 3.01. The van der Waals surface area contributed by atoms with Gasteiger partial charge in [0, 0.05) is 23.3 Å². The van der Waals surface area contributed by atoms with Crippen molar-refractivity contribution in [3.05, 3.63) is 59.3 Å². The van der Waals surface area contributed by atoms with Gasteiger partial charge in [-0.05, 0) is 61.9 Å². The van der Waals surface area contributed by atoms with Crippen LogP contribution in [0.25, 0.3) is 10.9 Å². The first-order valence-corrected chi connectivity index (χ1v) is 9.71. The zero-order valence-corrected chi connectivity index (χ0v) is 17.3. The van der Waals surface area contributed by atoms with E-state index in [-0.39, 0.29) is 12.3 Å². The minimum absolute atomic E-state index is 0.178. The predicted octanol–water partition coefficient (Wildman–Crippen LogP) is 3.69. The standard InChI is InChI=1S/C23H25NO6/c1-4-29-11-12-30-17-7-5-16(6-8-17)23(27)24-15(2)19(14-22(25)26)20-13-18(28-3)9-10-21(20)24/h5-10,13H,4,11-12,14H2,1-3H3,(H,25,26). The lowest BCUT2D eigenvalue weighted by atomic mass is 10.1. The number of hydrogen-bond acceptors (Lipinski definition) is 5. The number of hydrogen-bond donors (Lipinski definition) is 1. The fraction of sp³-hybridized carbons (Fsp3) is 0.304. The number of fused-ring (bicyclic) bond motifs is 1. The van der Waals surface area contributed by atoms with E-state index in [0.717, 1.165) is 0 Å². The third-order valence-corrected chi connectivity index (χ3v) is 4.87. The predicted molar refractivity (Wildman–Crippen MR) is 113 cm³/mol. The molecule has 7 nitrogen and oxygen atoms in total. The Kier molecular flexibility index (Phi) is 6.74. The molecule has 0 fully saturated rings. The maximum Gasteiger partial charge on any atom is 0.307 e. The number of ether oxygens (including phenoxy) is 3. The minimum atomic E-state index is -0.957.